The Morgan fingerprint density at radius 3 is 1.64 bits per heavy atom. The number of carbonyl (C=O) groups excluding carboxylic acids is 3. The van der Waals surface area contributed by atoms with Crippen molar-refractivity contribution in [1.29, 1.82) is 0 Å². The molecule has 2 aromatic rings. The topological polar surface area (TPSA) is 470 Å². The number of benzene rings is 1. The number of rotatable bonds is 16. The van der Waals surface area contributed by atoms with Gasteiger partial charge in [0.2, 0.25) is 11.8 Å². The van der Waals surface area contributed by atoms with E-state index in [9.17, 15) is 38.4 Å². The van der Waals surface area contributed by atoms with E-state index >= 15 is 0 Å². The minimum atomic E-state index is -1.21. The van der Waals surface area contributed by atoms with E-state index in [0.29, 0.717) is 11.4 Å². The summed E-state index contributed by atoms with van der Waals surface area (Å²) in [5.41, 5.74) is 36.1. The third-order valence-corrected chi connectivity index (χ3v) is 6.49. The smallest absolute Gasteiger partial charge is 0.328 e. The fraction of sp³-hybridized carbons (Fsp3) is 0.452. The van der Waals surface area contributed by atoms with Crippen LogP contribution in [-0.4, -0.2) is 126 Å². The first kappa shape index (κ1) is 51.1. The highest BCUT2D eigenvalue weighted by Crippen LogP contribution is 2.16. The number of nitrogens with two attached hydrogens (primary N) is 7. The van der Waals surface area contributed by atoms with Gasteiger partial charge in [0, 0.05) is 19.0 Å². The van der Waals surface area contributed by atoms with Crippen molar-refractivity contribution < 1.29 is 68.6 Å². The molecule has 55 heavy (non-hydrogen) atoms. The van der Waals surface area contributed by atoms with Gasteiger partial charge in [-0.3, -0.25) is 33.6 Å². The molecule has 0 aliphatic carbocycles. The summed E-state index contributed by atoms with van der Waals surface area (Å²) in [4.78, 5) is 88.5. The van der Waals surface area contributed by atoms with Crippen LogP contribution in [-0.2, 0) is 51.2 Å². The van der Waals surface area contributed by atoms with Crippen molar-refractivity contribution in [1.82, 2.24) is 15.3 Å². The Morgan fingerprint density at radius 1 is 0.764 bits per heavy atom. The van der Waals surface area contributed by atoms with Crippen molar-refractivity contribution in [3.63, 3.8) is 0 Å². The highest BCUT2D eigenvalue weighted by molar-refractivity contribution is 5.83. The second-order valence-electron chi connectivity index (χ2n) is 11.2. The van der Waals surface area contributed by atoms with E-state index in [0.717, 1.165) is 24.9 Å². The molecule has 0 bridgehead atoms. The minimum absolute atomic E-state index is 0.0213. The summed E-state index contributed by atoms with van der Waals surface area (Å²) in [5.74, 6) is -6.39. The van der Waals surface area contributed by atoms with Crippen LogP contribution in [0, 0.1) is 0 Å². The number of carboxylic acid groups (broad SMARTS) is 5. The molecule has 308 valence electrons. The minimum Gasteiger partial charge on any atom is -0.480 e. The second kappa shape index (κ2) is 28.5. The maximum Gasteiger partial charge on any atom is 0.328 e. The number of carboxylic acids is 5. The third kappa shape index (κ3) is 27.3. The first-order valence-electron chi connectivity index (χ1n) is 16.0. The van der Waals surface area contributed by atoms with E-state index in [1.807, 2.05) is 0 Å². The number of H-pyrrole nitrogens is 1. The molecule has 0 spiro atoms. The largest absolute Gasteiger partial charge is 0.480 e. The van der Waals surface area contributed by atoms with E-state index in [4.69, 9.17) is 58.9 Å². The summed E-state index contributed by atoms with van der Waals surface area (Å²) >= 11 is 0. The molecule has 1 saturated heterocycles. The number of imidazole rings is 1. The second-order valence-corrected chi connectivity index (χ2v) is 11.2. The van der Waals surface area contributed by atoms with Gasteiger partial charge in [-0.15, -0.1) is 0 Å². The molecule has 1 aromatic heterocycles. The number of aliphatic carboxylic acids is 5. The lowest BCUT2D eigenvalue weighted by atomic mass is 10.1. The molecule has 21 N–H and O–H groups in total. The lowest BCUT2D eigenvalue weighted by molar-refractivity contribution is -0.140. The fourth-order valence-corrected chi connectivity index (χ4v) is 3.55. The van der Waals surface area contributed by atoms with Crippen molar-refractivity contribution in [2.45, 2.75) is 75.2 Å². The predicted octanol–water partition coefficient (Wildman–Crippen LogP) is -4.37. The number of hydrogen-bond acceptors (Lipinski definition) is 16. The van der Waals surface area contributed by atoms with Gasteiger partial charge >= 0.3 is 35.8 Å². The van der Waals surface area contributed by atoms with Gasteiger partial charge in [0.1, 0.15) is 36.0 Å². The van der Waals surface area contributed by atoms with Gasteiger partial charge in [0.15, 0.2) is 0 Å². The standard InChI is InChI=1S/C14H18N2O4.C6H9N3O2.C5H10N2O3.C4H8N2O3.C2H5NO2/c15-11(13(17)18)8-9-3-5-10(6-4-9)20-14(19)12-2-1-7-16-12;7-5(6(10)11)1-4-2-8-3-9-4;6-3(5(9)10)1-2-4(7)8;5-2(4(8)9)1-3(6)7;3-1-2(4)5/h3-6,11-12,16H,1-2,7-8,15H2,(H,17,18);2-3,5H,1,7H2,(H,8,9)(H,10,11);3H,1-2,6H2,(H2,7,8)(H,9,10);2H,1,5H2,(H2,6,7)(H,8,9);1,3H2,(H,4,5)/t11-,12-;5-;3-;2-;/m0000./s1. The number of hydrogen-bond donors (Lipinski definition) is 14. The predicted molar refractivity (Wildman–Crippen MR) is 190 cm³/mol. The zero-order chi connectivity index (χ0) is 42.7. The Morgan fingerprint density at radius 2 is 1.27 bits per heavy atom. The molecule has 5 atom stereocenters. The number of primary amides is 2. The van der Waals surface area contributed by atoms with Crippen LogP contribution >= 0.6 is 0 Å². The van der Waals surface area contributed by atoms with Gasteiger partial charge in [0.25, 0.3) is 0 Å². The van der Waals surface area contributed by atoms with Gasteiger partial charge in [0.05, 0.1) is 25.0 Å². The van der Waals surface area contributed by atoms with E-state index in [-0.39, 0.29) is 50.7 Å². The highest BCUT2D eigenvalue weighted by Gasteiger charge is 2.24. The molecule has 1 aromatic carbocycles. The van der Waals surface area contributed by atoms with E-state index in [1.165, 1.54) is 6.33 Å². The lowest BCUT2D eigenvalue weighted by Crippen LogP contribution is -2.34. The molecule has 0 unspecified atom stereocenters. The fourth-order valence-electron chi connectivity index (χ4n) is 3.55. The molecular weight excluding hydrogens is 736 g/mol. The Hall–Kier alpha value is -6.05. The first-order chi connectivity index (χ1) is 25.6. The number of aromatic nitrogens is 2. The maximum atomic E-state index is 11.8. The van der Waals surface area contributed by atoms with E-state index in [1.54, 1.807) is 30.5 Å². The Bertz CT molecular complexity index is 1500. The van der Waals surface area contributed by atoms with Crippen molar-refractivity contribution in [2.75, 3.05) is 13.1 Å². The van der Waals surface area contributed by atoms with E-state index in [2.05, 4.69) is 26.8 Å². The molecule has 24 nitrogen and oxygen atoms in total. The molecule has 2 amide bonds. The van der Waals surface area contributed by atoms with Crippen molar-refractivity contribution in [2.24, 2.45) is 40.1 Å². The molecule has 1 fully saturated rings. The molecule has 3 rings (SSSR count). The number of nitrogens with zero attached hydrogens (tertiary/aromatic N) is 1. The van der Waals surface area contributed by atoms with Gasteiger partial charge in [-0.1, -0.05) is 12.1 Å². The van der Waals surface area contributed by atoms with E-state index < -0.39 is 65.8 Å². The van der Waals surface area contributed by atoms with Crippen LogP contribution in [0.15, 0.2) is 36.8 Å². The molecule has 0 saturated carbocycles. The van der Waals surface area contributed by atoms with Crippen LogP contribution in [0.1, 0.15) is 43.4 Å². The van der Waals surface area contributed by atoms with Crippen LogP contribution in [0.3, 0.4) is 0 Å². The van der Waals surface area contributed by atoms with Gasteiger partial charge in [-0.2, -0.15) is 0 Å². The summed E-state index contributed by atoms with van der Waals surface area (Å²) in [5, 5.41) is 44.1. The van der Waals surface area contributed by atoms with Crippen LogP contribution in [0.2, 0.25) is 0 Å². The number of carbonyl (C=O) groups is 8. The zero-order valence-electron chi connectivity index (χ0n) is 29.6. The monoisotopic (exact) mass is 786 g/mol. The zero-order valence-corrected chi connectivity index (χ0v) is 29.6. The quantitative estimate of drug-likeness (QED) is 0.0564. The maximum absolute atomic E-state index is 11.8. The SMILES string of the molecule is NC(=O)CC[C@H](N)C(=O)O.NC(=O)C[C@H](N)C(=O)O.NCC(=O)O.N[C@@H](Cc1c[nH]cn1)C(=O)O.N[C@@H](Cc1ccc(OC(=O)[C@@H]2CCCN2)cc1)C(=O)O. The van der Waals surface area contributed by atoms with Crippen LogP contribution in [0.5, 0.6) is 5.75 Å². The number of ether oxygens (including phenoxy) is 1. The molecule has 1 aliphatic heterocycles. The third-order valence-electron chi connectivity index (χ3n) is 6.49. The molecule has 1 aliphatic rings. The van der Waals surface area contributed by atoms with Gasteiger partial charge in [-0.05, 0) is 49.9 Å². The summed E-state index contributed by atoms with van der Waals surface area (Å²) in [7, 11) is 0. The van der Waals surface area contributed by atoms with Crippen molar-refractivity contribution in [3.8, 4) is 5.75 Å². The Kier molecular flexibility index (Phi) is 26.4. The number of aromatic amines is 1. The highest BCUT2D eigenvalue weighted by atomic mass is 16.5. The number of nitrogens with one attached hydrogen (secondary N) is 2. The molecule has 2 heterocycles. The average Bonchev–Trinajstić information content (AvgIpc) is 3.84. The summed E-state index contributed by atoms with van der Waals surface area (Å²) in [6, 6.07) is 2.57. The lowest BCUT2D eigenvalue weighted by Gasteiger charge is -2.11. The molecular formula is C31H50N10O14. The summed E-state index contributed by atoms with van der Waals surface area (Å²) in [6.45, 7) is 0.561. The number of esters is 1. The Labute approximate surface area is 313 Å². The van der Waals surface area contributed by atoms with Crippen molar-refractivity contribution in [3.05, 3.63) is 48.0 Å². The summed E-state index contributed by atoms with van der Waals surface area (Å²) < 4.78 is 5.26. The molecule has 24 heteroatoms. The summed E-state index contributed by atoms with van der Waals surface area (Å²) in [6.07, 6.45) is 5.21. The molecule has 0 radical (unpaired) electrons. The normalized spacial score (nSPS) is 14.7. The number of amides is 2. The average molecular weight is 787 g/mol. The van der Waals surface area contributed by atoms with Crippen LogP contribution < -0.4 is 50.2 Å². The van der Waals surface area contributed by atoms with Crippen LogP contribution in [0.25, 0.3) is 0 Å². The van der Waals surface area contributed by atoms with Crippen LogP contribution in [0.4, 0.5) is 0 Å². The first-order valence-corrected chi connectivity index (χ1v) is 16.0. The Balaban J connectivity index is 0. The van der Waals surface area contributed by atoms with Crippen molar-refractivity contribution >= 4 is 47.6 Å². The van der Waals surface area contributed by atoms with Gasteiger partial charge in [-0.25, -0.2) is 9.78 Å². The van der Waals surface area contributed by atoms with Gasteiger partial charge < -0.3 is 80.7 Å².